The molecule has 2 nitrogen and oxygen atoms in total. The molecule has 5 atom stereocenters. The molecule has 0 aromatic carbocycles. The van der Waals surface area contributed by atoms with E-state index >= 15 is 0 Å². The van der Waals surface area contributed by atoms with Crippen molar-refractivity contribution in [1.82, 2.24) is 4.98 Å². The van der Waals surface area contributed by atoms with E-state index in [4.69, 9.17) is 0 Å². The van der Waals surface area contributed by atoms with E-state index in [2.05, 4.69) is 11.9 Å². The Morgan fingerprint density at radius 3 is 3.06 bits per heavy atom. The lowest BCUT2D eigenvalue weighted by atomic mass is 9.79. The lowest BCUT2D eigenvalue weighted by Gasteiger charge is -2.36. The Balaban J connectivity index is 1.74. The molecule has 2 heterocycles. The van der Waals surface area contributed by atoms with Gasteiger partial charge in [0.15, 0.2) is 0 Å². The molecule has 3 aliphatic rings. The molecule has 2 unspecified atom stereocenters. The van der Waals surface area contributed by atoms with Crippen LogP contribution in [0.5, 0.6) is 0 Å². The molecule has 4 rings (SSSR count). The molecule has 4 heteroatoms. The number of nitrogens with one attached hydrogen (secondary N) is 1. The van der Waals surface area contributed by atoms with Crippen LogP contribution in [0.3, 0.4) is 0 Å². The van der Waals surface area contributed by atoms with Crippen LogP contribution >= 0.6 is 23.1 Å². The molecule has 2 aliphatic carbocycles. The van der Waals surface area contributed by atoms with Gasteiger partial charge in [0.25, 0.3) is 0 Å². The van der Waals surface area contributed by atoms with Gasteiger partial charge in [0, 0.05) is 10.1 Å². The number of H-pyrrole nitrogens is 1. The predicted molar refractivity (Wildman–Crippen MR) is 67.2 cm³/mol. The largest absolute Gasteiger partial charge is 0.307 e. The monoisotopic (exact) mass is 253 g/mol. The maximum absolute atomic E-state index is 11.4. The van der Waals surface area contributed by atoms with Crippen molar-refractivity contribution < 1.29 is 0 Å². The van der Waals surface area contributed by atoms with Gasteiger partial charge in [-0.2, -0.15) is 0 Å². The van der Waals surface area contributed by atoms with E-state index in [9.17, 15) is 4.79 Å². The third-order valence-electron chi connectivity index (χ3n) is 4.78. The normalized spacial score (nSPS) is 44.4. The molecule has 2 saturated carbocycles. The van der Waals surface area contributed by atoms with Gasteiger partial charge in [-0.15, -0.1) is 11.8 Å². The minimum absolute atomic E-state index is 0.137. The zero-order valence-electron chi connectivity index (χ0n) is 9.23. The third kappa shape index (κ3) is 1.17. The fraction of sp³-hybridized carbons (Fsp3) is 0.750. The lowest BCUT2D eigenvalue weighted by Crippen LogP contribution is -2.32. The predicted octanol–water partition coefficient (Wildman–Crippen LogP) is 2.75. The molecule has 2 fully saturated rings. The Morgan fingerprint density at radius 2 is 2.19 bits per heavy atom. The van der Waals surface area contributed by atoms with Crippen LogP contribution in [0.2, 0.25) is 0 Å². The summed E-state index contributed by atoms with van der Waals surface area (Å²) in [7, 11) is 0. The summed E-state index contributed by atoms with van der Waals surface area (Å²) >= 11 is 3.40. The number of thiazole rings is 1. The van der Waals surface area contributed by atoms with Crippen molar-refractivity contribution in [1.29, 1.82) is 0 Å². The molecule has 1 aliphatic heterocycles. The van der Waals surface area contributed by atoms with Crippen molar-refractivity contribution in [3.05, 3.63) is 14.5 Å². The van der Waals surface area contributed by atoms with Crippen LogP contribution in [0.15, 0.2) is 9.82 Å². The molecular weight excluding hydrogens is 238 g/mol. The second kappa shape index (κ2) is 3.16. The summed E-state index contributed by atoms with van der Waals surface area (Å²) in [5, 5.41) is 2.00. The maximum Gasteiger partial charge on any atom is 0.305 e. The standard InChI is InChI=1S/C12H15NOS2/c1-5-2-6-3-7(5)8-4-9-11(16-10(6)8)13-12(14)15-9/h5-8,10H,2-4H2,1H3,(H,13,14)/t5?,6?,7-,8-,10+/m1/s1. The maximum atomic E-state index is 11.4. The van der Waals surface area contributed by atoms with Crippen molar-refractivity contribution in [2.75, 3.05) is 0 Å². The highest BCUT2D eigenvalue weighted by Gasteiger charge is 2.53. The topological polar surface area (TPSA) is 32.9 Å². The van der Waals surface area contributed by atoms with Gasteiger partial charge in [0.2, 0.25) is 0 Å². The van der Waals surface area contributed by atoms with Crippen molar-refractivity contribution >= 4 is 23.1 Å². The number of hydrogen-bond donors (Lipinski definition) is 1. The Labute approximate surface area is 103 Å². The minimum Gasteiger partial charge on any atom is -0.307 e. The SMILES string of the molecule is CC1CC2C[C@H]1[C@H]1Cc3sc(=O)[nH]c3S[C@@H]21. The molecule has 1 aromatic rings. The summed E-state index contributed by atoms with van der Waals surface area (Å²) in [6.07, 6.45) is 4.03. The zero-order valence-corrected chi connectivity index (χ0v) is 10.9. The highest BCUT2D eigenvalue weighted by Crippen LogP contribution is 2.60. The van der Waals surface area contributed by atoms with E-state index in [-0.39, 0.29) is 4.87 Å². The van der Waals surface area contributed by atoms with Gasteiger partial charge in [-0.05, 0) is 42.9 Å². The van der Waals surface area contributed by atoms with Crippen molar-refractivity contribution in [2.24, 2.45) is 23.7 Å². The summed E-state index contributed by atoms with van der Waals surface area (Å²) in [6, 6.07) is 0. The van der Waals surface area contributed by atoms with Crippen LogP contribution in [-0.4, -0.2) is 10.2 Å². The average molecular weight is 253 g/mol. The highest BCUT2D eigenvalue weighted by atomic mass is 32.2. The summed E-state index contributed by atoms with van der Waals surface area (Å²) in [4.78, 5) is 15.8. The van der Waals surface area contributed by atoms with Gasteiger partial charge in [0.05, 0.1) is 5.03 Å². The van der Waals surface area contributed by atoms with Crippen LogP contribution in [0, 0.1) is 23.7 Å². The molecule has 86 valence electrons. The van der Waals surface area contributed by atoms with Crippen molar-refractivity contribution in [3.63, 3.8) is 0 Å². The van der Waals surface area contributed by atoms with Gasteiger partial charge < -0.3 is 4.98 Å². The Bertz CT molecular complexity index is 491. The van der Waals surface area contributed by atoms with Crippen LogP contribution in [0.25, 0.3) is 0 Å². The molecule has 2 bridgehead atoms. The number of thioether (sulfide) groups is 1. The number of aromatic nitrogens is 1. The van der Waals surface area contributed by atoms with Crippen LogP contribution < -0.4 is 4.87 Å². The summed E-state index contributed by atoms with van der Waals surface area (Å²) in [5.74, 6) is 3.64. The fourth-order valence-electron chi connectivity index (χ4n) is 4.17. The quantitative estimate of drug-likeness (QED) is 0.771. The molecule has 1 N–H and O–H groups in total. The Kier molecular flexibility index (Phi) is 1.93. The first kappa shape index (κ1) is 9.77. The van der Waals surface area contributed by atoms with E-state index in [0.29, 0.717) is 0 Å². The van der Waals surface area contributed by atoms with Crippen LogP contribution in [0.4, 0.5) is 0 Å². The molecule has 0 spiro atoms. The second-order valence-electron chi connectivity index (χ2n) is 5.59. The first-order chi connectivity index (χ1) is 7.72. The minimum atomic E-state index is 0.137. The van der Waals surface area contributed by atoms with E-state index in [1.165, 1.54) is 40.5 Å². The number of aromatic amines is 1. The molecule has 1 aromatic heterocycles. The van der Waals surface area contributed by atoms with E-state index in [0.717, 1.165) is 28.9 Å². The average Bonchev–Trinajstić information content (AvgIpc) is 2.85. The Morgan fingerprint density at radius 1 is 1.31 bits per heavy atom. The molecule has 16 heavy (non-hydrogen) atoms. The Hall–Kier alpha value is -0.220. The van der Waals surface area contributed by atoms with Crippen LogP contribution in [0.1, 0.15) is 24.6 Å². The molecule has 0 saturated heterocycles. The number of fused-ring (bicyclic) bond motifs is 6. The lowest BCUT2D eigenvalue weighted by molar-refractivity contribution is 0.257. The summed E-state index contributed by atoms with van der Waals surface area (Å²) in [6.45, 7) is 2.42. The van der Waals surface area contributed by atoms with E-state index in [1.54, 1.807) is 0 Å². The molecule has 0 amide bonds. The number of rotatable bonds is 0. The van der Waals surface area contributed by atoms with Gasteiger partial charge in [-0.1, -0.05) is 18.3 Å². The van der Waals surface area contributed by atoms with Crippen molar-refractivity contribution in [2.45, 2.75) is 36.5 Å². The summed E-state index contributed by atoms with van der Waals surface area (Å²) < 4.78 is 0. The van der Waals surface area contributed by atoms with Crippen molar-refractivity contribution in [3.8, 4) is 0 Å². The smallest absolute Gasteiger partial charge is 0.305 e. The van der Waals surface area contributed by atoms with E-state index in [1.807, 2.05) is 11.8 Å². The summed E-state index contributed by atoms with van der Waals surface area (Å²) in [5.41, 5.74) is 0. The third-order valence-corrected chi connectivity index (χ3v) is 7.40. The number of hydrogen-bond acceptors (Lipinski definition) is 3. The van der Waals surface area contributed by atoms with Gasteiger partial charge in [-0.25, -0.2) is 0 Å². The van der Waals surface area contributed by atoms with E-state index < -0.39 is 0 Å². The zero-order chi connectivity index (χ0) is 10.9. The molecular formula is C12H15NOS2. The molecule has 0 radical (unpaired) electrons. The fourth-order valence-corrected chi connectivity index (χ4v) is 6.82. The first-order valence-corrected chi connectivity index (χ1v) is 7.80. The van der Waals surface area contributed by atoms with Gasteiger partial charge in [-0.3, -0.25) is 4.79 Å². The first-order valence-electron chi connectivity index (χ1n) is 6.11. The van der Waals surface area contributed by atoms with Gasteiger partial charge in [0.1, 0.15) is 0 Å². The highest BCUT2D eigenvalue weighted by molar-refractivity contribution is 8.00. The van der Waals surface area contributed by atoms with Gasteiger partial charge >= 0.3 is 4.87 Å². The second-order valence-corrected chi connectivity index (χ2v) is 7.85. The van der Waals surface area contributed by atoms with Crippen LogP contribution in [-0.2, 0) is 6.42 Å².